The molecule has 6 nitrogen and oxygen atoms in total. The number of hydrogen-bond acceptors (Lipinski definition) is 6. The van der Waals surface area contributed by atoms with Crippen LogP contribution < -0.4 is 4.90 Å². The Kier molecular flexibility index (Phi) is 6.02. The van der Waals surface area contributed by atoms with E-state index in [9.17, 15) is 4.79 Å². The first-order valence-electron chi connectivity index (χ1n) is 5.96. The van der Waals surface area contributed by atoms with Crippen molar-refractivity contribution in [3.63, 3.8) is 0 Å². The number of terminal acetylenes is 1. The van der Waals surface area contributed by atoms with Crippen LogP contribution in [0.3, 0.4) is 0 Å². The summed E-state index contributed by atoms with van der Waals surface area (Å²) in [6.45, 7) is 0.745. The summed E-state index contributed by atoms with van der Waals surface area (Å²) >= 11 is 0. The van der Waals surface area contributed by atoms with Crippen LogP contribution >= 0.6 is 0 Å². The van der Waals surface area contributed by atoms with E-state index in [1.54, 1.807) is 11.0 Å². The van der Waals surface area contributed by atoms with Gasteiger partial charge in [-0.1, -0.05) is 0 Å². The van der Waals surface area contributed by atoms with Crippen LogP contribution in [0, 0.1) is 23.7 Å². The monoisotopic (exact) mass is 273 g/mol. The number of carbonyl (C=O) groups is 1. The van der Waals surface area contributed by atoms with E-state index in [0.717, 1.165) is 0 Å². The van der Waals surface area contributed by atoms with Crippen LogP contribution in [0.25, 0.3) is 0 Å². The van der Waals surface area contributed by atoms with E-state index in [0.29, 0.717) is 25.2 Å². The van der Waals surface area contributed by atoms with Gasteiger partial charge in [-0.3, -0.25) is 0 Å². The molecular weight excluding hydrogens is 258 g/mol. The molecule has 0 bridgehead atoms. The Morgan fingerprint density at radius 3 is 2.85 bits per heavy atom. The smallest absolute Gasteiger partial charge is 0.356 e. The Morgan fingerprint density at radius 1 is 1.55 bits per heavy atom. The van der Waals surface area contributed by atoms with Gasteiger partial charge in [-0.05, 0) is 12.1 Å². The quantitative estimate of drug-likeness (QED) is 0.602. The molecule has 1 N–H and O–H groups in total. The molecule has 1 aromatic heterocycles. The number of pyridine rings is 1. The maximum Gasteiger partial charge on any atom is 0.356 e. The van der Waals surface area contributed by atoms with E-state index >= 15 is 0 Å². The van der Waals surface area contributed by atoms with Crippen molar-refractivity contribution in [1.29, 1.82) is 5.26 Å². The van der Waals surface area contributed by atoms with Crippen molar-refractivity contribution in [2.75, 3.05) is 31.7 Å². The molecule has 0 saturated heterocycles. The van der Waals surface area contributed by atoms with Gasteiger partial charge < -0.3 is 14.7 Å². The second-order valence-electron chi connectivity index (χ2n) is 3.83. The lowest BCUT2D eigenvalue weighted by atomic mass is 10.2. The molecule has 0 unspecified atom stereocenters. The summed E-state index contributed by atoms with van der Waals surface area (Å²) in [7, 11) is 1.24. The van der Waals surface area contributed by atoms with Gasteiger partial charge in [0.05, 0.1) is 19.4 Å². The first-order chi connectivity index (χ1) is 9.67. The highest BCUT2D eigenvalue weighted by Gasteiger charge is 2.15. The van der Waals surface area contributed by atoms with Gasteiger partial charge in [-0.25, -0.2) is 9.78 Å². The third-order valence-electron chi connectivity index (χ3n) is 2.61. The summed E-state index contributed by atoms with van der Waals surface area (Å²) in [5.74, 6) is 1.90. The van der Waals surface area contributed by atoms with E-state index in [4.69, 9.17) is 16.8 Å². The largest absolute Gasteiger partial charge is 0.464 e. The standard InChI is InChI=1S/C14H15N3O3/c1-3-4-7-17(8-9-18)13-6-5-11(14(19)20-2)16-12(13)10-15/h1,5-6,18H,4,7-9H2,2H3. The lowest BCUT2D eigenvalue weighted by molar-refractivity contribution is 0.0594. The Bertz CT molecular complexity index is 558. The Morgan fingerprint density at radius 2 is 2.30 bits per heavy atom. The lowest BCUT2D eigenvalue weighted by Gasteiger charge is -2.23. The molecule has 0 aliphatic rings. The Labute approximate surface area is 117 Å². The third-order valence-corrected chi connectivity index (χ3v) is 2.61. The fourth-order valence-electron chi connectivity index (χ4n) is 1.68. The van der Waals surface area contributed by atoms with Crippen LogP contribution in [0.2, 0.25) is 0 Å². The number of aliphatic hydroxyl groups is 1. The molecule has 0 aliphatic carbocycles. The van der Waals surface area contributed by atoms with Crippen LogP contribution in [0.4, 0.5) is 5.69 Å². The zero-order valence-electron chi connectivity index (χ0n) is 11.2. The van der Waals surface area contributed by atoms with Gasteiger partial charge in [0.25, 0.3) is 0 Å². The van der Waals surface area contributed by atoms with E-state index in [1.165, 1.54) is 13.2 Å². The maximum atomic E-state index is 11.4. The molecule has 0 aromatic carbocycles. The molecule has 1 rings (SSSR count). The molecule has 0 radical (unpaired) electrons. The van der Waals surface area contributed by atoms with Crippen LogP contribution in [-0.2, 0) is 4.74 Å². The van der Waals surface area contributed by atoms with Gasteiger partial charge in [-0.2, -0.15) is 5.26 Å². The van der Waals surface area contributed by atoms with E-state index in [-0.39, 0.29) is 18.0 Å². The molecule has 1 heterocycles. The molecule has 20 heavy (non-hydrogen) atoms. The predicted molar refractivity (Wildman–Crippen MR) is 73.0 cm³/mol. The van der Waals surface area contributed by atoms with Gasteiger partial charge in [0.15, 0.2) is 5.69 Å². The Hall–Kier alpha value is -2.57. The molecule has 0 spiro atoms. The molecular formula is C14H15N3O3. The highest BCUT2D eigenvalue weighted by Crippen LogP contribution is 2.19. The SMILES string of the molecule is C#CCCN(CCO)c1ccc(C(=O)OC)nc1C#N. The van der Waals surface area contributed by atoms with Gasteiger partial charge in [0.1, 0.15) is 11.8 Å². The van der Waals surface area contributed by atoms with Crippen LogP contribution in [0.5, 0.6) is 0 Å². The third kappa shape index (κ3) is 3.71. The summed E-state index contributed by atoms with van der Waals surface area (Å²) in [6, 6.07) is 5.01. The number of nitrogens with zero attached hydrogens (tertiary/aromatic N) is 3. The normalized spacial score (nSPS) is 9.40. The topological polar surface area (TPSA) is 86.4 Å². The van der Waals surface area contributed by atoms with Crippen LogP contribution in [-0.4, -0.2) is 42.9 Å². The number of methoxy groups -OCH3 is 1. The number of ether oxygens (including phenoxy) is 1. The van der Waals surface area contributed by atoms with Crippen molar-refractivity contribution in [2.24, 2.45) is 0 Å². The average molecular weight is 273 g/mol. The number of aliphatic hydroxyl groups excluding tert-OH is 1. The number of hydrogen-bond donors (Lipinski definition) is 1. The molecule has 0 saturated carbocycles. The summed E-state index contributed by atoms with van der Waals surface area (Å²) in [5, 5.41) is 18.2. The number of esters is 1. The number of anilines is 1. The molecule has 6 heteroatoms. The van der Waals surface area contributed by atoms with Crippen molar-refractivity contribution in [1.82, 2.24) is 4.98 Å². The highest BCUT2D eigenvalue weighted by atomic mass is 16.5. The minimum Gasteiger partial charge on any atom is -0.464 e. The van der Waals surface area contributed by atoms with Crippen molar-refractivity contribution in [3.05, 3.63) is 23.5 Å². The van der Waals surface area contributed by atoms with Crippen molar-refractivity contribution in [3.8, 4) is 18.4 Å². The van der Waals surface area contributed by atoms with Crippen molar-refractivity contribution >= 4 is 11.7 Å². The number of nitriles is 1. The van der Waals surface area contributed by atoms with E-state index in [1.807, 2.05) is 6.07 Å². The fourth-order valence-corrected chi connectivity index (χ4v) is 1.68. The van der Waals surface area contributed by atoms with E-state index < -0.39 is 5.97 Å². The first-order valence-corrected chi connectivity index (χ1v) is 5.96. The predicted octanol–water partition coefficient (Wildman–Crippen LogP) is 0.562. The molecule has 104 valence electrons. The number of aromatic nitrogens is 1. The van der Waals surface area contributed by atoms with Crippen LogP contribution in [0.15, 0.2) is 12.1 Å². The second-order valence-corrected chi connectivity index (χ2v) is 3.83. The number of carbonyl (C=O) groups excluding carboxylic acids is 1. The fraction of sp³-hybridized carbons (Fsp3) is 0.357. The minimum atomic E-state index is -0.606. The van der Waals surface area contributed by atoms with Gasteiger partial charge >= 0.3 is 5.97 Å². The molecule has 0 atom stereocenters. The molecule has 0 fully saturated rings. The maximum absolute atomic E-state index is 11.4. The van der Waals surface area contributed by atoms with Crippen LogP contribution in [0.1, 0.15) is 22.6 Å². The molecule has 0 amide bonds. The van der Waals surface area contributed by atoms with Gasteiger partial charge in [0, 0.05) is 19.5 Å². The summed E-state index contributed by atoms with van der Waals surface area (Å²) in [6.07, 6.45) is 5.70. The highest BCUT2D eigenvalue weighted by molar-refractivity contribution is 5.87. The lowest BCUT2D eigenvalue weighted by Crippen LogP contribution is -2.28. The Balaban J connectivity index is 3.12. The van der Waals surface area contributed by atoms with Gasteiger partial charge in [0.2, 0.25) is 0 Å². The minimum absolute atomic E-state index is 0.0636. The van der Waals surface area contributed by atoms with Gasteiger partial charge in [-0.15, -0.1) is 12.3 Å². The zero-order valence-corrected chi connectivity index (χ0v) is 11.2. The summed E-state index contributed by atoms with van der Waals surface area (Å²) in [4.78, 5) is 17.1. The summed E-state index contributed by atoms with van der Waals surface area (Å²) < 4.78 is 4.56. The van der Waals surface area contributed by atoms with E-state index in [2.05, 4.69) is 15.6 Å². The first kappa shape index (κ1) is 15.5. The van der Waals surface area contributed by atoms with Crippen molar-refractivity contribution < 1.29 is 14.6 Å². The second kappa shape index (κ2) is 7.78. The molecule has 1 aromatic rings. The van der Waals surface area contributed by atoms with Crippen molar-refractivity contribution in [2.45, 2.75) is 6.42 Å². The average Bonchev–Trinajstić information content (AvgIpc) is 2.50. The summed E-state index contributed by atoms with van der Waals surface area (Å²) in [5.41, 5.74) is 0.691. The molecule has 0 aliphatic heterocycles. The number of rotatable bonds is 6. The zero-order chi connectivity index (χ0) is 15.0.